The molecule has 7 nitrogen and oxygen atoms in total. The van der Waals surface area contributed by atoms with Crippen molar-refractivity contribution >= 4 is 35.1 Å². The largest absolute Gasteiger partial charge is 0.493 e. The number of halogens is 1. The highest BCUT2D eigenvalue weighted by Gasteiger charge is 2.26. The Morgan fingerprint density at radius 1 is 1.04 bits per heavy atom. The molecule has 0 atom stereocenters. The normalized spacial score (nSPS) is 14.5. The highest BCUT2D eigenvalue weighted by atomic mass is 35.5. The Labute approximate surface area is 155 Å². The first kappa shape index (κ1) is 17.8. The molecule has 1 aliphatic heterocycles. The minimum absolute atomic E-state index is 0.200. The maximum atomic E-state index is 12.1. The Kier molecular flexibility index (Phi) is 5.09. The summed E-state index contributed by atoms with van der Waals surface area (Å²) in [6.07, 6.45) is 1.49. The van der Waals surface area contributed by atoms with Gasteiger partial charge in [-0.3, -0.25) is 4.79 Å². The monoisotopic (exact) mass is 373 g/mol. The molecule has 134 valence electrons. The van der Waals surface area contributed by atoms with Gasteiger partial charge >= 0.3 is 0 Å². The minimum Gasteiger partial charge on any atom is -0.493 e. The van der Waals surface area contributed by atoms with Crippen molar-refractivity contribution in [1.82, 2.24) is 0 Å². The minimum atomic E-state index is -0.329. The molecule has 2 aromatic rings. The maximum absolute atomic E-state index is 12.1. The number of nitrogens with one attached hydrogen (secondary N) is 1. The summed E-state index contributed by atoms with van der Waals surface area (Å²) in [5, 5.41) is 11.3. The molecule has 0 fully saturated rings. The van der Waals surface area contributed by atoms with Gasteiger partial charge in [-0.2, -0.15) is 5.10 Å². The fourth-order valence-corrected chi connectivity index (χ4v) is 2.73. The van der Waals surface area contributed by atoms with Gasteiger partial charge in [0, 0.05) is 16.1 Å². The van der Waals surface area contributed by atoms with Crippen LogP contribution in [0.15, 0.2) is 40.5 Å². The molecule has 0 aliphatic carbocycles. The maximum Gasteiger partial charge on any atom is 0.276 e. The summed E-state index contributed by atoms with van der Waals surface area (Å²) in [6.45, 7) is 0. The van der Waals surface area contributed by atoms with Crippen LogP contribution in [0.5, 0.6) is 17.2 Å². The average molecular weight is 374 g/mol. The van der Waals surface area contributed by atoms with Crippen LogP contribution in [0, 0.1) is 0 Å². The molecule has 0 unspecified atom stereocenters. The van der Waals surface area contributed by atoms with Crippen LogP contribution < -0.4 is 19.5 Å². The van der Waals surface area contributed by atoms with Crippen LogP contribution in [0.4, 0.5) is 5.69 Å². The van der Waals surface area contributed by atoms with Crippen LogP contribution in [0.1, 0.15) is 11.1 Å². The second kappa shape index (κ2) is 7.45. The summed E-state index contributed by atoms with van der Waals surface area (Å²) in [5.41, 5.74) is 2.14. The quantitative estimate of drug-likeness (QED) is 0.644. The van der Waals surface area contributed by atoms with E-state index in [1.165, 1.54) is 27.5 Å². The number of rotatable bonds is 5. The molecule has 3 rings (SSSR count). The van der Waals surface area contributed by atoms with Gasteiger partial charge in [-0.15, -0.1) is 5.10 Å². The molecule has 1 N–H and O–H groups in total. The SMILES string of the molecule is COc1cc(/C=N/N=C2\C(=O)Nc3ccc(Cl)cc32)cc(OC)c1OC. The number of benzene rings is 2. The number of fused-ring (bicyclic) bond motifs is 1. The lowest BCUT2D eigenvalue weighted by atomic mass is 10.1. The number of hydrogen-bond acceptors (Lipinski definition) is 6. The van der Waals surface area contributed by atoms with Gasteiger partial charge in [0.1, 0.15) is 0 Å². The Balaban J connectivity index is 1.93. The molecule has 0 radical (unpaired) electrons. The summed E-state index contributed by atoms with van der Waals surface area (Å²) in [6, 6.07) is 8.54. The van der Waals surface area contributed by atoms with Crippen LogP contribution in [-0.2, 0) is 4.79 Å². The second-order valence-electron chi connectivity index (χ2n) is 5.30. The van der Waals surface area contributed by atoms with Crippen molar-refractivity contribution in [2.75, 3.05) is 26.6 Å². The van der Waals surface area contributed by atoms with Crippen LogP contribution in [-0.4, -0.2) is 39.2 Å². The summed E-state index contributed by atoms with van der Waals surface area (Å²) >= 11 is 5.99. The highest BCUT2D eigenvalue weighted by Crippen LogP contribution is 2.37. The topological polar surface area (TPSA) is 81.5 Å². The van der Waals surface area contributed by atoms with Crippen molar-refractivity contribution < 1.29 is 19.0 Å². The third kappa shape index (κ3) is 3.34. The molecule has 0 spiro atoms. The summed E-state index contributed by atoms with van der Waals surface area (Å²) in [7, 11) is 4.59. The van der Waals surface area contributed by atoms with Crippen LogP contribution >= 0.6 is 11.6 Å². The molecule has 0 saturated carbocycles. The predicted molar refractivity (Wildman–Crippen MR) is 100 cm³/mol. The van der Waals surface area contributed by atoms with E-state index in [9.17, 15) is 4.79 Å². The number of carbonyl (C=O) groups excluding carboxylic acids is 1. The Bertz CT molecular complexity index is 900. The third-order valence-corrected chi connectivity index (χ3v) is 3.99. The number of hydrogen-bond donors (Lipinski definition) is 1. The van der Waals surface area contributed by atoms with Crippen LogP contribution in [0.2, 0.25) is 5.02 Å². The number of amides is 1. The zero-order chi connectivity index (χ0) is 18.7. The van der Waals surface area contributed by atoms with Crippen LogP contribution in [0.3, 0.4) is 0 Å². The molecule has 1 heterocycles. The van der Waals surface area contributed by atoms with Gasteiger partial charge in [0.15, 0.2) is 17.2 Å². The van der Waals surface area contributed by atoms with Gasteiger partial charge in [-0.05, 0) is 30.3 Å². The van der Waals surface area contributed by atoms with Gasteiger partial charge in [0.25, 0.3) is 5.91 Å². The van der Waals surface area contributed by atoms with E-state index in [4.69, 9.17) is 25.8 Å². The van der Waals surface area contributed by atoms with Gasteiger partial charge in [0.2, 0.25) is 5.75 Å². The second-order valence-corrected chi connectivity index (χ2v) is 5.73. The smallest absolute Gasteiger partial charge is 0.276 e. The van der Waals surface area contributed by atoms with Crippen molar-refractivity contribution in [1.29, 1.82) is 0 Å². The Morgan fingerprint density at radius 3 is 2.35 bits per heavy atom. The van der Waals surface area contributed by atoms with Crippen molar-refractivity contribution in [2.24, 2.45) is 10.2 Å². The Hall–Kier alpha value is -3.06. The van der Waals surface area contributed by atoms with E-state index in [1.54, 1.807) is 30.3 Å². The van der Waals surface area contributed by atoms with Crippen molar-refractivity contribution in [3.63, 3.8) is 0 Å². The van der Waals surface area contributed by atoms with Gasteiger partial charge < -0.3 is 19.5 Å². The zero-order valence-corrected chi connectivity index (χ0v) is 15.1. The first-order valence-corrected chi connectivity index (χ1v) is 7.97. The zero-order valence-electron chi connectivity index (χ0n) is 14.4. The standard InChI is InChI=1S/C18H16ClN3O4/c1-24-14-6-10(7-15(25-2)17(14)26-3)9-20-22-16-12-8-11(19)4-5-13(12)21-18(16)23/h4-9H,1-3H3,(H,21,22,23)/b20-9+. The molecule has 1 aliphatic rings. The van der Waals surface area contributed by atoms with E-state index in [1.807, 2.05) is 0 Å². The first-order valence-electron chi connectivity index (χ1n) is 7.59. The van der Waals surface area contributed by atoms with E-state index in [0.717, 1.165) is 0 Å². The highest BCUT2D eigenvalue weighted by molar-refractivity contribution is 6.54. The van der Waals surface area contributed by atoms with Gasteiger partial charge in [0.05, 0.1) is 33.2 Å². The molecular weight excluding hydrogens is 358 g/mol. The predicted octanol–water partition coefficient (Wildman–Crippen LogP) is 3.14. The van der Waals surface area contributed by atoms with E-state index in [-0.39, 0.29) is 11.6 Å². The van der Waals surface area contributed by atoms with E-state index < -0.39 is 0 Å². The lowest BCUT2D eigenvalue weighted by Crippen LogP contribution is -2.13. The van der Waals surface area contributed by atoms with Crippen molar-refractivity contribution in [3.8, 4) is 17.2 Å². The molecule has 2 aromatic carbocycles. The number of anilines is 1. The van der Waals surface area contributed by atoms with E-state index in [0.29, 0.717) is 39.1 Å². The lowest BCUT2D eigenvalue weighted by Gasteiger charge is -2.12. The number of nitrogens with zero attached hydrogens (tertiary/aromatic N) is 2. The molecular formula is C18H16ClN3O4. The lowest BCUT2D eigenvalue weighted by molar-refractivity contribution is -0.110. The summed E-state index contributed by atoms with van der Waals surface area (Å²) in [5.74, 6) is 1.15. The summed E-state index contributed by atoms with van der Waals surface area (Å²) < 4.78 is 15.9. The average Bonchev–Trinajstić information content (AvgIpc) is 2.95. The van der Waals surface area contributed by atoms with Gasteiger partial charge in [-0.25, -0.2) is 0 Å². The molecule has 0 aromatic heterocycles. The summed E-state index contributed by atoms with van der Waals surface area (Å²) in [4.78, 5) is 12.1. The molecule has 1 amide bonds. The molecule has 0 saturated heterocycles. The third-order valence-electron chi connectivity index (χ3n) is 3.75. The van der Waals surface area contributed by atoms with Crippen molar-refractivity contribution in [2.45, 2.75) is 0 Å². The number of carbonyl (C=O) groups is 1. The fourth-order valence-electron chi connectivity index (χ4n) is 2.55. The number of ether oxygens (including phenoxy) is 3. The fraction of sp³-hybridized carbons (Fsp3) is 0.167. The molecule has 8 heteroatoms. The number of methoxy groups -OCH3 is 3. The van der Waals surface area contributed by atoms with Crippen LogP contribution in [0.25, 0.3) is 0 Å². The van der Waals surface area contributed by atoms with E-state index >= 15 is 0 Å². The first-order chi connectivity index (χ1) is 12.6. The molecule has 0 bridgehead atoms. The van der Waals surface area contributed by atoms with Gasteiger partial charge in [-0.1, -0.05) is 11.6 Å². The van der Waals surface area contributed by atoms with Crippen molar-refractivity contribution in [3.05, 3.63) is 46.5 Å². The van der Waals surface area contributed by atoms with E-state index in [2.05, 4.69) is 15.5 Å². The molecule has 26 heavy (non-hydrogen) atoms. The Morgan fingerprint density at radius 2 is 1.73 bits per heavy atom.